The van der Waals surface area contributed by atoms with Gasteiger partial charge in [-0.1, -0.05) is 6.07 Å². The molecule has 2 aromatic rings. The Balaban J connectivity index is 2.17. The second-order valence-corrected chi connectivity index (χ2v) is 7.32. The maximum atomic E-state index is 12.7. The molecule has 0 bridgehead atoms. The quantitative estimate of drug-likeness (QED) is 0.895. The van der Waals surface area contributed by atoms with Crippen molar-refractivity contribution < 1.29 is 26.4 Å². The van der Waals surface area contributed by atoms with E-state index in [0.717, 1.165) is 22.7 Å². The van der Waals surface area contributed by atoms with E-state index in [9.17, 15) is 26.4 Å². The fourth-order valence-electron chi connectivity index (χ4n) is 1.99. The van der Waals surface area contributed by atoms with E-state index >= 15 is 0 Å². The van der Waals surface area contributed by atoms with E-state index < -0.39 is 27.7 Å². The van der Waals surface area contributed by atoms with Crippen LogP contribution in [0.5, 0.6) is 0 Å². The van der Waals surface area contributed by atoms with Gasteiger partial charge in [0.05, 0.1) is 17.5 Å². The van der Waals surface area contributed by atoms with E-state index in [1.807, 2.05) is 0 Å². The molecule has 0 spiro atoms. The predicted molar refractivity (Wildman–Crippen MR) is 89.1 cm³/mol. The Kier molecular flexibility index (Phi) is 5.07. The summed E-state index contributed by atoms with van der Waals surface area (Å²) < 4.78 is 62.0. The molecule has 0 aliphatic rings. The van der Waals surface area contributed by atoms with Crippen LogP contribution in [0.1, 0.15) is 15.9 Å². The van der Waals surface area contributed by atoms with Gasteiger partial charge >= 0.3 is 6.18 Å². The van der Waals surface area contributed by atoms with Crippen molar-refractivity contribution in [3.63, 3.8) is 0 Å². The minimum atomic E-state index is -4.50. The fourth-order valence-corrected chi connectivity index (χ4v) is 2.50. The third-order valence-electron chi connectivity index (χ3n) is 3.44. The SMILES string of the molecule is CN(c1ccc(C(=O)Nc2cccc(C(F)(F)F)c2)cc1)S(C)(=O)=O. The maximum absolute atomic E-state index is 12.7. The highest BCUT2D eigenvalue weighted by atomic mass is 32.2. The molecule has 2 rings (SSSR count). The molecule has 0 heterocycles. The number of alkyl halides is 3. The Labute approximate surface area is 143 Å². The first-order chi connectivity index (χ1) is 11.5. The molecule has 9 heteroatoms. The van der Waals surface area contributed by atoms with Crippen molar-refractivity contribution >= 4 is 27.3 Å². The number of halogens is 3. The topological polar surface area (TPSA) is 66.5 Å². The van der Waals surface area contributed by atoms with E-state index in [-0.39, 0.29) is 11.3 Å². The lowest BCUT2D eigenvalue weighted by atomic mass is 10.1. The largest absolute Gasteiger partial charge is 0.416 e. The van der Waals surface area contributed by atoms with Crippen LogP contribution in [-0.4, -0.2) is 27.6 Å². The van der Waals surface area contributed by atoms with E-state index in [2.05, 4.69) is 5.32 Å². The van der Waals surface area contributed by atoms with Crippen LogP contribution in [0.25, 0.3) is 0 Å². The molecule has 0 aromatic heterocycles. The zero-order chi connectivity index (χ0) is 18.8. The number of anilines is 2. The van der Waals surface area contributed by atoms with Gasteiger partial charge in [0.25, 0.3) is 5.91 Å². The summed E-state index contributed by atoms with van der Waals surface area (Å²) in [7, 11) is -2.06. The highest BCUT2D eigenvalue weighted by molar-refractivity contribution is 7.92. The zero-order valence-corrected chi connectivity index (χ0v) is 14.1. The fraction of sp³-hybridized carbons (Fsp3) is 0.188. The molecule has 25 heavy (non-hydrogen) atoms. The molecule has 0 radical (unpaired) electrons. The second-order valence-electron chi connectivity index (χ2n) is 5.31. The van der Waals surface area contributed by atoms with E-state index in [1.54, 1.807) is 0 Å². The van der Waals surface area contributed by atoms with Crippen LogP contribution in [0.3, 0.4) is 0 Å². The van der Waals surface area contributed by atoms with Gasteiger partial charge in [-0.15, -0.1) is 0 Å². The van der Waals surface area contributed by atoms with Crippen LogP contribution in [-0.2, 0) is 16.2 Å². The molecule has 134 valence electrons. The summed E-state index contributed by atoms with van der Waals surface area (Å²) >= 11 is 0. The van der Waals surface area contributed by atoms with Gasteiger partial charge in [-0.25, -0.2) is 8.42 Å². The first-order valence-corrected chi connectivity index (χ1v) is 8.86. The third-order valence-corrected chi connectivity index (χ3v) is 4.64. The van der Waals surface area contributed by atoms with Crippen LogP contribution in [0.15, 0.2) is 48.5 Å². The molecule has 0 saturated carbocycles. The van der Waals surface area contributed by atoms with Gasteiger partial charge in [0.15, 0.2) is 0 Å². The van der Waals surface area contributed by atoms with Crippen molar-refractivity contribution in [2.24, 2.45) is 0 Å². The van der Waals surface area contributed by atoms with Crippen LogP contribution in [0.2, 0.25) is 0 Å². The van der Waals surface area contributed by atoms with E-state index in [0.29, 0.717) is 5.69 Å². The van der Waals surface area contributed by atoms with Gasteiger partial charge in [-0.3, -0.25) is 9.10 Å². The Morgan fingerprint density at radius 2 is 1.68 bits per heavy atom. The number of nitrogens with zero attached hydrogens (tertiary/aromatic N) is 1. The van der Waals surface area contributed by atoms with E-state index in [4.69, 9.17) is 0 Å². The number of benzene rings is 2. The molecule has 0 atom stereocenters. The summed E-state index contributed by atoms with van der Waals surface area (Å²) in [5.74, 6) is -0.604. The average molecular weight is 372 g/mol. The highest BCUT2D eigenvalue weighted by Gasteiger charge is 2.30. The monoisotopic (exact) mass is 372 g/mol. The number of hydrogen-bond donors (Lipinski definition) is 1. The Morgan fingerprint density at radius 3 is 2.20 bits per heavy atom. The van der Waals surface area contributed by atoms with Gasteiger partial charge in [0, 0.05) is 18.3 Å². The number of carbonyl (C=O) groups excluding carboxylic acids is 1. The highest BCUT2D eigenvalue weighted by Crippen LogP contribution is 2.30. The smallest absolute Gasteiger partial charge is 0.322 e. The summed E-state index contributed by atoms with van der Waals surface area (Å²) in [5, 5.41) is 2.38. The lowest BCUT2D eigenvalue weighted by Gasteiger charge is -2.16. The Morgan fingerprint density at radius 1 is 1.08 bits per heavy atom. The lowest BCUT2D eigenvalue weighted by molar-refractivity contribution is -0.137. The average Bonchev–Trinajstić information content (AvgIpc) is 2.53. The molecule has 0 aliphatic heterocycles. The summed E-state index contributed by atoms with van der Waals surface area (Å²) in [6.07, 6.45) is -3.46. The number of sulfonamides is 1. The molecule has 1 amide bonds. The van der Waals surface area contributed by atoms with Crippen LogP contribution >= 0.6 is 0 Å². The van der Waals surface area contributed by atoms with Crippen molar-refractivity contribution in [2.45, 2.75) is 6.18 Å². The summed E-state index contributed by atoms with van der Waals surface area (Å²) in [4.78, 5) is 12.1. The third kappa shape index (κ3) is 4.72. The summed E-state index contributed by atoms with van der Waals surface area (Å²) in [6, 6.07) is 9.93. The first kappa shape index (κ1) is 18.8. The van der Waals surface area contributed by atoms with Crippen LogP contribution in [0.4, 0.5) is 24.5 Å². The molecule has 0 aliphatic carbocycles. The Bertz CT molecular complexity index is 878. The number of nitrogens with one attached hydrogen (secondary N) is 1. The molecule has 0 saturated heterocycles. The zero-order valence-electron chi connectivity index (χ0n) is 13.3. The van der Waals surface area contributed by atoms with Crippen molar-refractivity contribution in [2.75, 3.05) is 22.9 Å². The lowest BCUT2D eigenvalue weighted by Crippen LogP contribution is -2.24. The molecular weight excluding hydrogens is 357 g/mol. The van der Waals surface area contributed by atoms with Crippen molar-refractivity contribution in [1.29, 1.82) is 0 Å². The van der Waals surface area contributed by atoms with Gasteiger partial charge < -0.3 is 5.32 Å². The molecule has 2 aromatic carbocycles. The molecule has 5 nitrogen and oxygen atoms in total. The van der Waals surface area contributed by atoms with Gasteiger partial charge in [-0.05, 0) is 42.5 Å². The predicted octanol–water partition coefficient (Wildman–Crippen LogP) is 3.35. The second kappa shape index (κ2) is 6.75. The van der Waals surface area contributed by atoms with Crippen molar-refractivity contribution in [1.82, 2.24) is 0 Å². The number of rotatable bonds is 4. The van der Waals surface area contributed by atoms with Crippen molar-refractivity contribution in [3.8, 4) is 0 Å². The summed E-state index contributed by atoms with van der Waals surface area (Å²) in [5.41, 5.74) is -0.311. The number of amides is 1. The summed E-state index contributed by atoms with van der Waals surface area (Å²) in [6.45, 7) is 0. The minimum Gasteiger partial charge on any atom is -0.322 e. The Hall–Kier alpha value is -2.55. The molecule has 0 fully saturated rings. The molecular formula is C16H15F3N2O3S. The standard InChI is InChI=1S/C16H15F3N2O3S/c1-21(25(2,23)24)14-8-6-11(7-9-14)15(22)20-13-5-3-4-12(10-13)16(17,18)19/h3-10H,1-2H3,(H,20,22). The van der Waals surface area contributed by atoms with Gasteiger partial charge in [-0.2, -0.15) is 13.2 Å². The number of carbonyl (C=O) groups is 1. The van der Waals surface area contributed by atoms with Crippen LogP contribution < -0.4 is 9.62 Å². The van der Waals surface area contributed by atoms with Gasteiger partial charge in [0.2, 0.25) is 10.0 Å². The molecule has 1 N–H and O–H groups in total. The normalized spacial score (nSPS) is 11.9. The maximum Gasteiger partial charge on any atom is 0.416 e. The molecule has 0 unspecified atom stereocenters. The minimum absolute atomic E-state index is 0.0113. The van der Waals surface area contributed by atoms with Gasteiger partial charge in [0.1, 0.15) is 0 Å². The van der Waals surface area contributed by atoms with Crippen molar-refractivity contribution in [3.05, 3.63) is 59.7 Å². The first-order valence-electron chi connectivity index (χ1n) is 7.01. The van der Waals surface area contributed by atoms with E-state index in [1.165, 1.54) is 43.4 Å². The number of hydrogen-bond acceptors (Lipinski definition) is 3. The van der Waals surface area contributed by atoms with Crippen LogP contribution in [0, 0.1) is 0 Å².